The molecule has 8 aromatic carbocycles. The highest BCUT2D eigenvalue weighted by Gasteiger charge is 2.46. The second-order valence-electron chi connectivity index (χ2n) is 15.3. The lowest BCUT2D eigenvalue weighted by atomic mass is 9.75. The fraction of sp³-hybridized carbons (Fsp3) is 0.137. The van der Waals surface area contributed by atoms with Crippen molar-refractivity contribution in [1.29, 1.82) is 0 Å². The van der Waals surface area contributed by atoms with Gasteiger partial charge in [-0.3, -0.25) is 0 Å². The molecule has 2 aliphatic rings. The quantitative estimate of drug-likeness (QED) is 0.167. The van der Waals surface area contributed by atoms with E-state index in [1.807, 2.05) is 11.3 Å². The van der Waals surface area contributed by atoms with Crippen LogP contribution in [0.3, 0.4) is 0 Å². The molecule has 1 nitrogen and oxygen atoms in total. The summed E-state index contributed by atoms with van der Waals surface area (Å²) in [4.78, 5) is 2.50. The van der Waals surface area contributed by atoms with Gasteiger partial charge in [0, 0.05) is 36.9 Å². The molecule has 0 saturated heterocycles. The Morgan fingerprint density at radius 1 is 0.491 bits per heavy atom. The first-order valence-electron chi connectivity index (χ1n) is 19.1. The van der Waals surface area contributed by atoms with E-state index in [2.05, 4.69) is 175 Å². The van der Waals surface area contributed by atoms with Crippen molar-refractivity contribution in [3.05, 3.63) is 175 Å². The van der Waals surface area contributed by atoms with Gasteiger partial charge < -0.3 is 4.90 Å². The van der Waals surface area contributed by atoms with Crippen molar-refractivity contribution in [1.82, 2.24) is 0 Å². The molecular formula is C51H39NS. The van der Waals surface area contributed by atoms with Crippen LogP contribution >= 0.6 is 11.3 Å². The number of thiophene rings is 1. The molecule has 2 bridgehead atoms. The Labute approximate surface area is 314 Å². The lowest BCUT2D eigenvalue weighted by Gasteiger charge is -2.32. The van der Waals surface area contributed by atoms with E-state index in [-0.39, 0.29) is 0 Å². The number of fused-ring (bicyclic) bond motifs is 7. The zero-order valence-electron chi connectivity index (χ0n) is 29.6. The molecule has 2 saturated carbocycles. The minimum atomic E-state index is 0.334. The monoisotopic (exact) mass is 697 g/mol. The third-order valence-corrected chi connectivity index (χ3v) is 13.7. The molecule has 0 spiro atoms. The number of benzene rings is 8. The van der Waals surface area contributed by atoms with Crippen LogP contribution in [0.5, 0.6) is 0 Å². The first-order chi connectivity index (χ1) is 26.2. The molecule has 53 heavy (non-hydrogen) atoms. The van der Waals surface area contributed by atoms with Gasteiger partial charge in [-0.05, 0) is 130 Å². The van der Waals surface area contributed by atoms with Crippen molar-refractivity contribution in [2.45, 2.75) is 37.5 Å². The molecule has 1 aromatic heterocycles. The minimum Gasteiger partial charge on any atom is -0.310 e. The third-order valence-electron chi connectivity index (χ3n) is 12.5. The molecule has 2 heteroatoms. The first-order valence-corrected chi connectivity index (χ1v) is 20.0. The van der Waals surface area contributed by atoms with Gasteiger partial charge in [-0.25, -0.2) is 0 Å². The molecule has 2 aliphatic carbocycles. The lowest BCUT2D eigenvalue weighted by molar-refractivity contribution is 0.421. The van der Waals surface area contributed by atoms with Crippen molar-refractivity contribution >= 4 is 70.1 Å². The van der Waals surface area contributed by atoms with E-state index in [1.165, 1.54) is 107 Å². The second-order valence-corrected chi connectivity index (χ2v) is 16.4. The summed E-state index contributed by atoms with van der Waals surface area (Å²) in [5.41, 5.74) is 10.5. The standard InChI is InChI=1S/C51H39NS/c1-2-10-35(11-3-1)40-17-8-12-37-13-9-18-41(50(37)40)36-20-22-38(23-21-36)52(39-24-27-49-45(32-39)44-16-6-7-19-48(44)53-49)47-26-25-46(42-14-4-5-15-43(42)47)51-30-28-34(33-51)29-31-51/h1-27,32,34H,28-31,33H2. The molecule has 11 rings (SSSR count). The SMILES string of the molecule is c1ccc(-c2cccc3cccc(-c4ccc(N(c5ccc6sc7ccccc7c6c5)c5ccc(C67CCC(CC6)C7)c6ccccc56)cc4)c23)cc1. The van der Waals surface area contributed by atoms with Gasteiger partial charge in [0.1, 0.15) is 0 Å². The zero-order chi connectivity index (χ0) is 34.9. The molecule has 254 valence electrons. The van der Waals surface area contributed by atoms with Gasteiger partial charge in [0.05, 0.1) is 5.69 Å². The number of hydrogen-bond acceptors (Lipinski definition) is 2. The maximum atomic E-state index is 2.50. The minimum absolute atomic E-state index is 0.334. The van der Waals surface area contributed by atoms with E-state index in [1.54, 1.807) is 5.56 Å². The van der Waals surface area contributed by atoms with E-state index in [0.29, 0.717) is 5.41 Å². The molecule has 0 radical (unpaired) electrons. The van der Waals surface area contributed by atoms with Crippen LogP contribution in [0.15, 0.2) is 170 Å². The van der Waals surface area contributed by atoms with Crippen LogP contribution in [0.4, 0.5) is 17.1 Å². The van der Waals surface area contributed by atoms with Crippen molar-refractivity contribution in [2.24, 2.45) is 5.92 Å². The van der Waals surface area contributed by atoms with Crippen molar-refractivity contribution in [2.75, 3.05) is 4.90 Å². The van der Waals surface area contributed by atoms with Crippen LogP contribution in [0.2, 0.25) is 0 Å². The number of rotatable bonds is 6. The zero-order valence-corrected chi connectivity index (χ0v) is 30.5. The summed E-state index contributed by atoms with van der Waals surface area (Å²) in [5.74, 6) is 0.904. The molecule has 0 atom stereocenters. The summed E-state index contributed by atoms with van der Waals surface area (Å²) in [5, 5.41) is 7.94. The fourth-order valence-corrected chi connectivity index (χ4v) is 11.1. The van der Waals surface area contributed by atoms with Crippen LogP contribution in [-0.2, 0) is 5.41 Å². The Hall–Kier alpha value is -5.70. The predicted molar refractivity (Wildman–Crippen MR) is 228 cm³/mol. The Kier molecular flexibility index (Phi) is 7.10. The van der Waals surface area contributed by atoms with Crippen LogP contribution in [-0.4, -0.2) is 0 Å². The van der Waals surface area contributed by atoms with E-state index in [0.717, 1.165) is 11.6 Å². The van der Waals surface area contributed by atoms with Gasteiger partial charge in [-0.1, -0.05) is 127 Å². The van der Waals surface area contributed by atoms with E-state index < -0.39 is 0 Å². The number of nitrogens with zero attached hydrogens (tertiary/aromatic N) is 1. The smallest absolute Gasteiger partial charge is 0.0540 e. The Morgan fingerprint density at radius 2 is 1.13 bits per heavy atom. The Morgan fingerprint density at radius 3 is 1.87 bits per heavy atom. The average molecular weight is 698 g/mol. The van der Waals surface area contributed by atoms with Crippen LogP contribution < -0.4 is 4.90 Å². The molecule has 0 amide bonds. The molecule has 0 N–H and O–H groups in total. The van der Waals surface area contributed by atoms with Gasteiger partial charge >= 0.3 is 0 Å². The van der Waals surface area contributed by atoms with E-state index >= 15 is 0 Å². The molecule has 1 heterocycles. The molecular weight excluding hydrogens is 659 g/mol. The number of anilines is 3. The Balaban J connectivity index is 1.10. The summed E-state index contributed by atoms with van der Waals surface area (Å²) in [7, 11) is 0. The normalized spacial score (nSPS) is 18.1. The van der Waals surface area contributed by atoms with Gasteiger partial charge in [0.25, 0.3) is 0 Å². The van der Waals surface area contributed by atoms with E-state index in [4.69, 9.17) is 0 Å². The van der Waals surface area contributed by atoms with Crippen molar-refractivity contribution in [3.63, 3.8) is 0 Å². The third kappa shape index (κ3) is 4.96. The average Bonchev–Trinajstić information content (AvgIpc) is 3.95. The van der Waals surface area contributed by atoms with Gasteiger partial charge in [-0.15, -0.1) is 11.3 Å². The van der Waals surface area contributed by atoms with Gasteiger partial charge in [-0.2, -0.15) is 0 Å². The maximum absolute atomic E-state index is 2.50. The maximum Gasteiger partial charge on any atom is 0.0540 e. The van der Waals surface area contributed by atoms with Crippen LogP contribution in [0.25, 0.3) is 64.0 Å². The van der Waals surface area contributed by atoms with Gasteiger partial charge in [0.15, 0.2) is 0 Å². The predicted octanol–water partition coefficient (Wildman–Crippen LogP) is 15.0. The highest BCUT2D eigenvalue weighted by atomic mass is 32.1. The molecule has 2 fully saturated rings. The summed E-state index contributed by atoms with van der Waals surface area (Å²) in [6.45, 7) is 0. The highest BCUT2D eigenvalue weighted by Crippen LogP contribution is 2.57. The van der Waals surface area contributed by atoms with Crippen LogP contribution in [0.1, 0.15) is 37.7 Å². The van der Waals surface area contributed by atoms with Crippen molar-refractivity contribution < 1.29 is 0 Å². The molecule has 9 aromatic rings. The summed E-state index contributed by atoms with van der Waals surface area (Å²) < 4.78 is 2.66. The Bertz CT molecular complexity index is 2820. The molecule has 0 aliphatic heterocycles. The first kappa shape index (κ1) is 30.9. The second kappa shape index (κ2) is 12.2. The summed E-state index contributed by atoms with van der Waals surface area (Å²) in [6.07, 6.45) is 6.77. The van der Waals surface area contributed by atoms with Crippen molar-refractivity contribution in [3.8, 4) is 22.3 Å². The largest absolute Gasteiger partial charge is 0.310 e. The topological polar surface area (TPSA) is 3.24 Å². The lowest BCUT2D eigenvalue weighted by Crippen LogP contribution is -2.20. The number of hydrogen-bond donors (Lipinski definition) is 0. The van der Waals surface area contributed by atoms with Crippen LogP contribution in [0, 0.1) is 5.92 Å². The summed E-state index contributed by atoms with van der Waals surface area (Å²) in [6, 6.07) is 63.5. The van der Waals surface area contributed by atoms with Gasteiger partial charge in [0.2, 0.25) is 0 Å². The summed E-state index contributed by atoms with van der Waals surface area (Å²) >= 11 is 1.88. The van der Waals surface area contributed by atoms with E-state index in [9.17, 15) is 0 Å². The fourth-order valence-electron chi connectivity index (χ4n) is 10.0. The molecule has 0 unspecified atom stereocenters. The highest BCUT2D eigenvalue weighted by molar-refractivity contribution is 7.25.